The summed E-state index contributed by atoms with van der Waals surface area (Å²) in [5, 5.41) is 39.7. The number of ether oxygens (including phenoxy) is 6. The molecule has 0 saturated carbocycles. The van der Waals surface area contributed by atoms with Crippen LogP contribution >= 0.6 is 0 Å². The molecule has 0 radical (unpaired) electrons. The molecule has 12 heteroatoms. The standard InChI is InChI=1S/C24H28O12/c1-31-13-6-5-11(7-14(13)32-2)18(26)19(27)12-8-15(33-3)23(16(9-12)34-4)36-24-22(30)21(29)20(28)17(10-25)35-24/h5-9,17,20-22,24-25,28-30H,10H2,1-4H3/t17-,20-,21+,22-,24+/m1/s1. The van der Waals surface area contributed by atoms with E-state index < -0.39 is 48.9 Å². The predicted octanol–water partition coefficient (Wildman–Crippen LogP) is -0.0347. The summed E-state index contributed by atoms with van der Waals surface area (Å²) in [6.45, 7) is -0.648. The van der Waals surface area contributed by atoms with Crippen LogP contribution in [0.25, 0.3) is 0 Å². The largest absolute Gasteiger partial charge is 0.493 e. The normalized spacial score (nSPS) is 23.5. The van der Waals surface area contributed by atoms with Crippen LogP contribution in [0.4, 0.5) is 0 Å². The fraction of sp³-hybridized carbons (Fsp3) is 0.417. The molecule has 4 N–H and O–H groups in total. The van der Waals surface area contributed by atoms with E-state index in [1.165, 1.54) is 58.8 Å². The summed E-state index contributed by atoms with van der Waals surface area (Å²) in [5.41, 5.74) is -0.0122. The third-order valence-electron chi connectivity index (χ3n) is 5.66. The van der Waals surface area contributed by atoms with Crippen LogP contribution in [0.15, 0.2) is 30.3 Å². The van der Waals surface area contributed by atoms with E-state index in [0.29, 0.717) is 5.75 Å². The van der Waals surface area contributed by atoms with Crippen molar-refractivity contribution in [2.24, 2.45) is 0 Å². The lowest BCUT2D eigenvalue weighted by molar-refractivity contribution is -0.277. The molecule has 2 aromatic rings. The van der Waals surface area contributed by atoms with Crippen LogP contribution < -0.4 is 23.7 Å². The number of aliphatic hydroxyl groups is 4. The summed E-state index contributed by atoms with van der Waals surface area (Å²) in [5.74, 6) is -1.25. The first kappa shape index (κ1) is 27.2. The average molecular weight is 508 g/mol. The number of ketones is 2. The highest BCUT2D eigenvalue weighted by Gasteiger charge is 2.45. The number of benzene rings is 2. The second kappa shape index (κ2) is 11.5. The van der Waals surface area contributed by atoms with Crippen LogP contribution in [-0.4, -0.2) is 97.7 Å². The molecule has 0 unspecified atom stereocenters. The van der Waals surface area contributed by atoms with E-state index in [2.05, 4.69) is 0 Å². The number of rotatable bonds is 10. The minimum absolute atomic E-state index is 0.0465. The summed E-state index contributed by atoms with van der Waals surface area (Å²) >= 11 is 0. The number of hydrogen-bond donors (Lipinski definition) is 4. The highest BCUT2D eigenvalue weighted by atomic mass is 16.7. The van der Waals surface area contributed by atoms with E-state index in [0.717, 1.165) is 0 Å². The van der Waals surface area contributed by atoms with Gasteiger partial charge in [0.1, 0.15) is 24.4 Å². The quantitative estimate of drug-likeness (QED) is 0.250. The Balaban J connectivity index is 1.93. The molecule has 2 aromatic carbocycles. The summed E-state index contributed by atoms with van der Waals surface area (Å²) in [4.78, 5) is 25.9. The molecule has 12 nitrogen and oxygen atoms in total. The number of Topliss-reactive ketones (excluding diaryl/α,β-unsaturated/α-hetero) is 2. The molecule has 0 amide bonds. The molecule has 196 valence electrons. The summed E-state index contributed by atoms with van der Waals surface area (Å²) in [7, 11) is 5.40. The van der Waals surface area contributed by atoms with E-state index in [-0.39, 0.29) is 34.1 Å². The van der Waals surface area contributed by atoms with Crippen molar-refractivity contribution in [2.75, 3.05) is 35.0 Å². The predicted molar refractivity (Wildman–Crippen MR) is 122 cm³/mol. The van der Waals surface area contributed by atoms with Gasteiger partial charge in [-0.15, -0.1) is 0 Å². The fourth-order valence-electron chi connectivity index (χ4n) is 3.65. The van der Waals surface area contributed by atoms with Crippen molar-refractivity contribution in [3.63, 3.8) is 0 Å². The van der Waals surface area contributed by atoms with E-state index in [1.54, 1.807) is 0 Å². The average Bonchev–Trinajstić information content (AvgIpc) is 2.91. The van der Waals surface area contributed by atoms with Gasteiger partial charge < -0.3 is 48.8 Å². The van der Waals surface area contributed by atoms with E-state index in [1.807, 2.05) is 0 Å². The van der Waals surface area contributed by atoms with Gasteiger partial charge in [-0.2, -0.15) is 0 Å². The molecule has 0 aromatic heterocycles. The van der Waals surface area contributed by atoms with Gasteiger partial charge in [-0.1, -0.05) is 0 Å². The molecule has 36 heavy (non-hydrogen) atoms. The third-order valence-corrected chi connectivity index (χ3v) is 5.66. The lowest BCUT2D eigenvalue weighted by Gasteiger charge is -2.39. The Hall–Kier alpha value is -3.42. The van der Waals surface area contributed by atoms with Crippen molar-refractivity contribution in [1.29, 1.82) is 0 Å². The minimum atomic E-state index is -1.69. The number of methoxy groups -OCH3 is 4. The van der Waals surface area contributed by atoms with Crippen LogP contribution in [0.2, 0.25) is 0 Å². The van der Waals surface area contributed by atoms with Crippen molar-refractivity contribution in [1.82, 2.24) is 0 Å². The summed E-state index contributed by atoms with van der Waals surface area (Å²) in [6, 6.07) is 6.78. The zero-order valence-electron chi connectivity index (χ0n) is 20.0. The topological polar surface area (TPSA) is 170 Å². The van der Waals surface area contributed by atoms with Gasteiger partial charge >= 0.3 is 0 Å². The van der Waals surface area contributed by atoms with Gasteiger partial charge in [0, 0.05) is 11.1 Å². The van der Waals surface area contributed by atoms with Gasteiger partial charge in [-0.05, 0) is 30.3 Å². The molecule has 1 saturated heterocycles. The van der Waals surface area contributed by atoms with Crippen LogP contribution in [-0.2, 0) is 4.74 Å². The van der Waals surface area contributed by atoms with Crippen molar-refractivity contribution in [3.8, 4) is 28.7 Å². The Morgan fingerprint density at radius 1 is 0.750 bits per heavy atom. The molecule has 1 aliphatic heterocycles. The zero-order valence-corrected chi connectivity index (χ0v) is 20.0. The van der Waals surface area contributed by atoms with Gasteiger partial charge in [0.05, 0.1) is 35.0 Å². The maximum absolute atomic E-state index is 13.0. The number of carbonyl (C=O) groups excluding carboxylic acids is 2. The Bertz CT molecular complexity index is 1070. The molecule has 0 aliphatic carbocycles. The maximum Gasteiger partial charge on any atom is 0.233 e. The Labute approximate surface area is 206 Å². The summed E-state index contributed by atoms with van der Waals surface area (Å²) in [6.07, 6.45) is -7.66. The molecule has 1 aliphatic rings. The monoisotopic (exact) mass is 508 g/mol. The van der Waals surface area contributed by atoms with E-state index >= 15 is 0 Å². The Morgan fingerprint density at radius 2 is 1.28 bits per heavy atom. The van der Waals surface area contributed by atoms with Gasteiger partial charge in [-0.3, -0.25) is 9.59 Å². The first-order chi connectivity index (χ1) is 17.2. The van der Waals surface area contributed by atoms with E-state index in [9.17, 15) is 30.0 Å². The van der Waals surface area contributed by atoms with Crippen LogP contribution in [0.5, 0.6) is 28.7 Å². The fourth-order valence-corrected chi connectivity index (χ4v) is 3.65. The molecule has 1 fully saturated rings. The van der Waals surface area contributed by atoms with Crippen molar-refractivity contribution >= 4 is 11.6 Å². The molecular formula is C24H28O12. The maximum atomic E-state index is 13.0. The van der Waals surface area contributed by atoms with Crippen molar-refractivity contribution < 1.29 is 58.4 Å². The Kier molecular flexibility index (Phi) is 8.71. The molecule has 1 heterocycles. The van der Waals surface area contributed by atoms with Crippen molar-refractivity contribution in [3.05, 3.63) is 41.5 Å². The molecular weight excluding hydrogens is 480 g/mol. The minimum Gasteiger partial charge on any atom is -0.493 e. The van der Waals surface area contributed by atoms with Crippen LogP contribution in [0, 0.1) is 0 Å². The highest BCUT2D eigenvalue weighted by molar-refractivity contribution is 6.49. The van der Waals surface area contributed by atoms with Crippen LogP contribution in [0.3, 0.4) is 0 Å². The summed E-state index contributed by atoms with van der Waals surface area (Å²) < 4.78 is 32.0. The molecule has 5 atom stereocenters. The number of hydrogen-bond acceptors (Lipinski definition) is 12. The molecule has 3 rings (SSSR count). The number of aliphatic hydroxyl groups excluding tert-OH is 4. The molecule has 0 spiro atoms. The Morgan fingerprint density at radius 3 is 1.81 bits per heavy atom. The second-order valence-electron chi connectivity index (χ2n) is 7.75. The highest BCUT2D eigenvalue weighted by Crippen LogP contribution is 2.41. The lowest BCUT2D eigenvalue weighted by atomic mass is 9.99. The zero-order chi connectivity index (χ0) is 26.6. The van der Waals surface area contributed by atoms with Crippen molar-refractivity contribution in [2.45, 2.75) is 30.7 Å². The molecule has 0 bridgehead atoms. The first-order valence-corrected chi connectivity index (χ1v) is 10.7. The lowest BCUT2D eigenvalue weighted by Crippen LogP contribution is -2.60. The van der Waals surface area contributed by atoms with Gasteiger partial charge in [0.25, 0.3) is 0 Å². The first-order valence-electron chi connectivity index (χ1n) is 10.7. The third kappa shape index (κ3) is 5.22. The second-order valence-corrected chi connectivity index (χ2v) is 7.75. The number of carbonyl (C=O) groups is 2. The van der Waals surface area contributed by atoms with Gasteiger partial charge in [0.15, 0.2) is 23.0 Å². The van der Waals surface area contributed by atoms with Crippen LogP contribution in [0.1, 0.15) is 20.7 Å². The van der Waals surface area contributed by atoms with E-state index in [4.69, 9.17) is 28.4 Å². The van der Waals surface area contributed by atoms with Gasteiger partial charge in [-0.25, -0.2) is 0 Å². The SMILES string of the molecule is COc1ccc(C(=O)C(=O)c2cc(OC)c(O[C@@H]3O[C@H](CO)[C@@H](O)[C@H](O)[C@H]3O)c(OC)c2)cc1OC. The van der Waals surface area contributed by atoms with Gasteiger partial charge in [0.2, 0.25) is 23.6 Å². The smallest absolute Gasteiger partial charge is 0.233 e.